The van der Waals surface area contributed by atoms with Gasteiger partial charge in [-0.05, 0) is 5.92 Å². The van der Waals surface area contributed by atoms with Gasteiger partial charge in [0.2, 0.25) is 5.95 Å². The van der Waals surface area contributed by atoms with E-state index in [0.29, 0.717) is 23.4 Å². The van der Waals surface area contributed by atoms with Crippen LogP contribution in [0.4, 0.5) is 11.8 Å². The van der Waals surface area contributed by atoms with Crippen LogP contribution in [0.25, 0.3) is 11.2 Å². The van der Waals surface area contributed by atoms with Crippen LogP contribution < -0.4 is 11.1 Å². The van der Waals surface area contributed by atoms with Crippen LogP contribution in [0, 0.1) is 11.3 Å². The molecular weight excluding hydrogens is 336 g/mol. The van der Waals surface area contributed by atoms with Gasteiger partial charge in [-0.2, -0.15) is 9.97 Å². The molecule has 0 spiro atoms. The molecule has 3 rings (SSSR count). The molecule has 9 nitrogen and oxygen atoms in total. The van der Waals surface area contributed by atoms with Gasteiger partial charge in [0, 0.05) is 18.9 Å². The largest absolute Gasteiger partial charge is 0.463 e. The van der Waals surface area contributed by atoms with Gasteiger partial charge in [-0.1, -0.05) is 27.7 Å². The van der Waals surface area contributed by atoms with Crippen LogP contribution in [-0.4, -0.2) is 45.2 Å². The number of hydrogen-bond donors (Lipinski definition) is 2. The minimum atomic E-state index is -0.313. The molecule has 0 radical (unpaired) electrons. The number of nitrogens with two attached hydrogens (primary N) is 1. The zero-order valence-electron chi connectivity index (χ0n) is 15.8. The molecule has 0 bridgehead atoms. The van der Waals surface area contributed by atoms with Crippen molar-refractivity contribution in [1.82, 2.24) is 19.5 Å². The molecular formula is C17H26N6O3. The smallest absolute Gasteiger partial charge is 0.305 e. The van der Waals surface area contributed by atoms with Crippen LogP contribution in [0.2, 0.25) is 0 Å². The number of fused-ring (bicyclic) bond motifs is 1. The fourth-order valence-corrected chi connectivity index (χ4v) is 3.33. The van der Waals surface area contributed by atoms with Gasteiger partial charge in [-0.3, -0.25) is 9.36 Å². The van der Waals surface area contributed by atoms with Crippen molar-refractivity contribution in [2.24, 2.45) is 11.3 Å². The normalized spacial score (nSPS) is 24.7. The Morgan fingerprint density at radius 2 is 2.19 bits per heavy atom. The molecule has 0 aliphatic carbocycles. The molecule has 142 valence electrons. The highest BCUT2D eigenvalue weighted by molar-refractivity contribution is 5.84. The quantitative estimate of drug-likeness (QED) is 0.775. The van der Waals surface area contributed by atoms with Crippen molar-refractivity contribution in [1.29, 1.82) is 0 Å². The second kappa shape index (κ2) is 6.71. The van der Waals surface area contributed by atoms with E-state index in [-0.39, 0.29) is 42.2 Å². The van der Waals surface area contributed by atoms with Gasteiger partial charge in [-0.15, -0.1) is 0 Å². The van der Waals surface area contributed by atoms with Gasteiger partial charge in [0.1, 0.15) is 12.8 Å². The number of rotatable bonds is 5. The van der Waals surface area contributed by atoms with E-state index in [2.05, 4.69) is 41.0 Å². The molecule has 2 aromatic heterocycles. The van der Waals surface area contributed by atoms with Crippen molar-refractivity contribution in [2.75, 3.05) is 24.7 Å². The van der Waals surface area contributed by atoms with Crippen molar-refractivity contribution in [3.63, 3.8) is 0 Å². The summed E-state index contributed by atoms with van der Waals surface area (Å²) >= 11 is 0. The maximum atomic E-state index is 11.5. The van der Waals surface area contributed by atoms with E-state index in [4.69, 9.17) is 15.2 Å². The summed E-state index contributed by atoms with van der Waals surface area (Å²) < 4.78 is 13.5. The molecule has 1 saturated heterocycles. The average molecular weight is 362 g/mol. The number of nitrogen functional groups attached to an aromatic ring is 1. The van der Waals surface area contributed by atoms with Crippen LogP contribution in [0.5, 0.6) is 0 Å². The summed E-state index contributed by atoms with van der Waals surface area (Å²) in [6.07, 6.45) is 1.53. The summed E-state index contributed by atoms with van der Waals surface area (Å²) in [6, 6.07) is 0. The molecule has 0 unspecified atom stereocenters. The van der Waals surface area contributed by atoms with Crippen LogP contribution >= 0.6 is 0 Å². The van der Waals surface area contributed by atoms with Crippen molar-refractivity contribution in [3.05, 3.63) is 6.33 Å². The maximum absolute atomic E-state index is 11.5. The SMILES string of the molecule is CCC(=O)OC[C@H]1O[C@@H](n2cnc3c(NC)nc(N)nc32)C(C)(C)[C@@H]1C. The molecule has 0 aromatic carbocycles. The van der Waals surface area contributed by atoms with E-state index in [1.54, 1.807) is 20.3 Å². The van der Waals surface area contributed by atoms with Gasteiger partial charge in [0.05, 0.1) is 12.4 Å². The molecule has 3 N–H and O–H groups in total. The maximum Gasteiger partial charge on any atom is 0.305 e. The van der Waals surface area contributed by atoms with Crippen LogP contribution in [-0.2, 0) is 14.3 Å². The van der Waals surface area contributed by atoms with Crippen LogP contribution in [0.15, 0.2) is 6.33 Å². The van der Waals surface area contributed by atoms with E-state index in [9.17, 15) is 4.79 Å². The minimum absolute atomic E-state index is 0.164. The van der Waals surface area contributed by atoms with E-state index >= 15 is 0 Å². The van der Waals surface area contributed by atoms with E-state index in [1.807, 2.05) is 4.57 Å². The number of carbonyl (C=O) groups excluding carboxylic acids is 1. The summed E-state index contributed by atoms with van der Waals surface area (Å²) in [4.78, 5) is 24.5. The lowest BCUT2D eigenvalue weighted by molar-refractivity contribution is -0.148. The van der Waals surface area contributed by atoms with E-state index in [1.165, 1.54) is 0 Å². The first kappa shape index (κ1) is 18.4. The number of imidazole rings is 1. The number of nitrogens with zero attached hydrogens (tertiary/aromatic N) is 4. The summed E-state index contributed by atoms with van der Waals surface area (Å²) in [6.45, 7) is 8.36. The molecule has 26 heavy (non-hydrogen) atoms. The third-order valence-corrected chi connectivity index (χ3v) is 5.30. The van der Waals surface area contributed by atoms with Gasteiger partial charge < -0.3 is 20.5 Å². The molecule has 3 heterocycles. The zero-order chi connectivity index (χ0) is 19.1. The predicted molar refractivity (Wildman–Crippen MR) is 97.4 cm³/mol. The van der Waals surface area contributed by atoms with Gasteiger partial charge in [0.15, 0.2) is 17.0 Å². The summed E-state index contributed by atoms with van der Waals surface area (Å²) in [5.74, 6) is 0.677. The highest BCUT2D eigenvalue weighted by atomic mass is 16.6. The van der Waals surface area contributed by atoms with E-state index in [0.717, 1.165) is 0 Å². The summed E-state index contributed by atoms with van der Waals surface area (Å²) in [5.41, 5.74) is 6.86. The minimum Gasteiger partial charge on any atom is -0.463 e. The molecule has 2 aromatic rings. The second-order valence-electron chi connectivity index (χ2n) is 7.18. The number of carbonyl (C=O) groups is 1. The fourth-order valence-electron chi connectivity index (χ4n) is 3.33. The van der Waals surface area contributed by atoms with Gasteiger partial charge in [0.25, 0.3) is 0 Å². The molecule has 1 aliphatic heterocycles. The second-order valence-corrected chi connectivity index (χ2v) is 7.18. The Hall–Kier alpha value is -2.42. The molecule has 0 saturated carbocycles. The molecule has 1 aliphatic rings. The third kappa shape index (κ3) is 2.96. The lowest BCUT2D eigenvalue weighted by Gasteiger charge is -2.29. The van der Waals surface area contributed by atoms with Crippen LogP contribution in [0.3, 0.4) is 0 Å². The van der Waals surface area contributed by atoms with Crippen molar-refractivity contribution >= 4 is 28.9 Å². The highest BCUT2D eigenvalue weighted by Gasteiger charge is 2.49. The fraction of sp³-hybridized carbons (Fsp3) is 0.647. The van der Waals surface area contributed by atoms with Crippen molar-refractivity contribution in [2.45, 2.75) is 46.4 Å². The molecule has 9 heteroatoms. The number of anilines is 2. The Morgan fingerprint density at radius 3 is 2.85 bits per heavy atom. The average Bonchev–Trinajstić information content (AvgIpc) is 3.11. The Morgan fingerprint density at radius 1 is 1.46 bits per heavy atom. The number of esters is 1. The zero-order valence-corrected chi connectivity index (χ0v) is 15.8. The third-order valence-electron chi connectivity index (χ3n) is 5.30. The predicted octanol–water partition coefficient (Wildman–Crippen LogP) is 1.96. The Bertz CT molecular complexity index is 818. The summed E-state index contributed by atoms with van der Waals surface area (Å²) in [5, 5.41) is 2.99. The Labute approximate surface area is 152 Å². The Kier molecular flexibility index (Phi) is 4.74. The number of ether oxygens (including phenoxy) is 2. The number of hydrogen-bond acceptors (Lipinski definition) is 8. The summed E-state index contributed by atoms with van der Waals surface area (Å²) in [7, 11) is 1.76. The first-order valence-corrected chi connectivity index (χ1v) is 8.78. The molecule has 3 atom stereocenters. The number of aromatic nitrogens is 4. The molecule has 1 fully saturated rings. The lowest BCUT2D eigenvalue weighted by atomic mass is 9.78. The molecule has 0 amide bonds. The topological polar surface area (TPSA) is 117 Å². The monoisotopic (exact) mass is 362 g/mol. The Balaban J connectivity index is 1.95. The van der Waals surface area contributed by atoms with Crippen molar-refractivity contribution in [3.8, 4) is 0 Å². The number of nitrogens with one attached hydrogen (secondary N) is 1. The van der Waals surface area contributed by atoms with Crippen molar-refractivity contribution < 1.29 is 14.3 Å². The standard InChI is InChI=1S/C17H26N6O3/c1-6-11(24)25-7-10-9(2)17(3,4)15(26-10)23-8-20-12-13(19-5)21-16(18)22-14(12)23/h8-10,15H,6-7H2,1-5H3,(H3,18,19,21,22)/t9-,10-,15-/m1/s1. The van der Waals surface area contributed by atoms with Gasteiger partial charge in [-0.25, -0.2) is 4.98 Å². The van der Waals surface area contributed by atoms with E-state index < -0.39 is 0 Å². The first-order chi connectivity index (χ1) is 12.3. The van der Waals surface area contributed by atoms with Gasteiger partial charge >= 0.3 is 5.97 Å². The highest BCUT2D eigenvalue weighted by Crippen LogP contribution is 2.49. The van der Waals surface area contributed by atoms with Crippen LogP contribution in [0.1, 0.15) is 40.3 Å². The lowest BCUT2D eigenvalue weighted by Crippen LogP contribution is -2.29. The first-order valence-electron chi connectivity index (χ1n) is 8.78.